The van der Waals surface area contributed by atoms with Crippen LogP contribution in [0.4, 0.5) is 0 Å². The van der Waals surface area contributed by atoms with E-state index in [0.29, 0.717) is 11.8 Å². The topological polar surface area (TPSA) is 71.3 Å². The van der Waals surface area contributed by atoms with E-state index in [9.17, 15) is 4.79 Å². The van der Waals surface area contributed by atoms with Crippen molar-refractivity contribution in [3.05, 3.63) is 23.4 Å². The molecule has 0 bridgehead atoms. The molecule has 2 aromatic heterocycles. The van der Waals surface area contributed by atoms with Crippen molar-refractivity contribution in [2.45, 2.75) is 25.8 Å². The van der Waals surface area contributed by atoms with Crippen molar-refractivity contribution in [2.75, 3.05) is 20.1 Å². The lowest BCUT2D eigenvalue weighted by Gasteiger charge is -2.33. The third-order valence-corrected chi connectivity index (χ3v) is 5.08. The van der Waals surface area contributed by atoms with Crippen molar-refractivity contribution >= 4 is 17.2 Å². The first-order valence-electron chi connectivity index (χ1n) is 7.52. The van der Waals surface area contributed by atoms with Crippen molar-refractivity contribution in [2.24, 2.45) is 5.92 Å². The van der Waals surface area contributed by atoms with E-state index in [1.54, 1.807) is 18.4 Å². The van der Waals surface area contributed by atoms with Crippen molar-refractivity contribution in [3.63, 3.8) is 0 Å². The Kier molecular flexibility index (Phi) is 4.54. The van der Waals surface area contributed by atoms with Crippen LogP contribution in [-0.2, 0) is 4.79 Å². The summed E-state index contributed by atoms with van der Waals surface area (Å²) in [6.45, 7) is 3.82. The molecule has 0 spiro atoms. The van der Waals surface area contributed by atoms with Crippen LogP contribution in [0.1, 0.15) is 31.7 Å². The Morgan fingerprint density at radius 1 is 1.45 bits per heavy atom. The number of nitrogens with one attached hydrogen (secondary N) is 1. The van der Waals surface area contributed by atoms with Gasteiger partial charge in [-0.05, 0) is 44.3 Å². The standard InChI is InChI=1S/C15H20N4O2S/c1-10(19-7-5-11(6-8-19)13(20)16-2)14-17-18-15(21-14)12-4-3-9-22-12/h3-4,9-11H,5-8H2,1-2H3,(H,16,20). The minimum Gasteiger partial charge on any atom is -0.418 e. The zero-order valence-electron chi connectivity index (χ0n) is 12.8. The molecule has 0 saturated carbocycles. The van der Waals surface area contributed by atoms with E-state index < -0.39 is 0 Å². The lowest BCUT2D eigenvalue weighted by atomic mass is 9.95. The summed E-state index contributed by atoms with van der Waals surface area (Å²) in [5.41, 5.74) is 0. The largest absolute Gasteiger partial charge is 0.418 e. The van der Waals surface area contributed by atoms with Gasteiger partial charge in [-0.2, -0.15) is 0 Å². The molecule has 3 heterocycles. The van der Waals surface area contributed by atoms with Crippen LogP contribution in [0.5, 0.6) is 0 Å². The quantitative estimate of drug-likeness (QED) is 0.936. The number of hydrogen-bond acceptors (Lipinski definition) is 6. The first kappa shape index (κ1) is 15.2. The third kappa shape index (κ3) is 3.05. The van der Waals surface area contributed by atoms with Gasteiger partial charge in [0.2, 0.25) is 11.8 Å². The SMILES string of the molecule is CNC(=O)C1CCN(C(C)c2nnc(-c3cccs3)o2)CC1. The lowest BCUT2D eigenvalue weighted by Crippen LogP contribution is -2.40. The third-order valence-electron chi connectivity index (χ3n) is 4.22. The first-order valence-corrected chi connectivity index (χ1v) is 8.40. The predicted molar refractivity (Wildman–Crippen MR) is 84.4 cm³/mol. The van der Waals surface area contributed by atoms with Gasteiger partial charge in [-0.25, -0.2) is 0 Å². The number of carbonyl (C=O) groups excluding carboxylic acids is 1. The molecule has 118 valence electrons. The number of thiophene rings is 1. The van der Waals surface area contributed by atoms with Crippen molar-refractivity contribution in [1.29, 1.82) is 0 Å². The molecule has 3 rings (SSSR count). The molecule has 6 nitrogen and oxygen atoms in total. The van der Waals surface area contributed by atoms with Gasteiger partial charge in [0.25, 0.3) is 5.89 Å². The van der Waals surface area contributed by atoms with Gasteiger partial charge in [0.15, 0.2) is 0 Å². The van der Waals surface area contributed by atoms with E-state index in [1.165, 1.54) is 0 Å². The van der Waals surface area contributed by atoms with Gasteiger partial charge >= 0.3 is 0 Å². The van der Waals surface area contributed by atoms with E-state index >= 15 is 0 Å². The zero-order chi connectivity index (χ0) is 15.5. The molecule has 0 radical (unpaired) electrons. The van der Waals surface area contributed by atoms with Crippen LogP contribution in [0.3, 0.4) is 0 Å². The maximum absolute atomic E-state index is 11.7. The van der Waals surface area contributed by atoms with Gasteiger partial charge in [0.05, 0.1) is 10.9 Å². The minimum absolute atomic E-state index is 0.0758. The normalized spacial score (nSPS) is 18.3. The van der Waals surface area contributed by atoms with E-state index in [-0.39, 0.29) is 17.9 Å². The summed E-state index contributed by atoms with van der Waals surface area (Å²) in [5.74, 6) is 1.49. The molecular formula is C15H20N4O2S. The molecule has 22 heavy (non-hydrogen) atoms. The predicted octanol–water partition coefficient (Wildman–Crippen LogP) is 2.32. The number of nitrogens with zero attached hydrogens (tertiary/aromatic N) is 3. The Bertz CT molecular complexity index is 617. The van der Waals surface area contributed by atoms with E-state index in [4.69, 9.17) is 4.42 Å². The van der Waals surface area contributed by atoms with Crippen molar-refractivity contribution in [1.82, 2.24) is 20.4 Å². The fraction of sp³-hybridized carbons (Fsp3) is 0.533. The van der Waals surface area contributed by atoms with Crippen LogP contribution >= 0.6 is 11.3 Å². The molecule has 0 aliphatic carbocycles. The number of likely N-dealkylation sites (tertiary alicyclic amines) is 1. The maximum atomic E-state index is 11.7. The van der Waals surface area contributed by atoms with Crippen LogP contribution in [0.2, 0.25) is 0 Å². The molecule has 7 heteroatoms. The summed E-state index contributed by atoms with van der Waals surface area (Å²) >= 11 is 1.59. The Morgan fingerprint density at radius 2 is 2.23 bits per heavy atom. The molecular weight excluding hydrogens is 300 g/mol. The van der Waals surface area contributed by atoms with Crippen LogP contribution in [0.25, 0.3) is 10.8 Å². The minimum atomic E-state index is 0.0758. The monoisotopic (exact) mass is 320 g/mol. The van der Waals surface area contributed by atoms with Crippen LogP contribution in [0, 0.1) is 5.92 Å². The van der Waals surface area contributed by atoms with Gasteiger partial charge in [0.1, 0.15) is 0 Å². The van der Waals surface area contributed by atoms with Gasteiger partial charge < -0.3 is 9.73 Å². The van der Waals surface area contributed by atoms with Crippen LogP contribution in [0.15, 0.2) is 21.9 Å². The summed E-state index contributed by atoms with van der Waals surface area (Å²) < 4.78 is 5.81. The Labute approximate surface area is 133 Å². The van der Waals surface area contributed by atoms with Gasteiger partial charge in [-0.3, -0.25) is 9.69 Å². The average molecular weight is 320 g/mol. The molecule has 1 aliphatic rings. The van der Waals surface area contributed by atoms with E-state index in [2.05, 4.69) is 27.3 Å². The highest BCUT2D eigenvalue weighted by atomic mass is 32.1. The average Bonchev–Trinajstić information content (AvgIpc) is 3.24. The smallest absolute Gasteiger partial charge is 0.257 e. The van der Waals surface area contributed by atoms with Gasteiger partial charge in [0, 0.05) is 13.0 Å². The Morgan fingerprint density at radius 3 is 2.86 bits per heavy atom. The van der Waals surface area contributed by atoms with E-state index in [0.717, 1.165) is 30.8 Å². The number of aromatic nitrogens is 2. The molecule has 1 unspecified atom stereocenters. The molecule has 1 saturated heterocycles. The van der Waals surface area contributed by atoms with Gasteiger partial charge in [-0.1, -0.05) is 6.07 Å². The molecule has 2 aromatic rings. The Hall–Kier alpha value is -1.73. The summed E-state index contributed by atoms with van der Waals surface area (Å²) in [6.07, 6.45) is 1.74. The summed E-state index contributed by atoms with van der Waals surface area (Å²) in [6, 6.07) is 4.02. The molecule has 1 atom stereocenters. The van der Waals surface area contributed by atoms with Crippen molar-refractivity contribution < 1.29 is 9.21 Å². The highest BCUT2D eigenvalue weighted by Crippen LogP contribution is 2.29. The number of amides is 1. The number of rotatable bonds is 4. The van der Waals surface area contributed by atoms with Gasteiger partial charge in [-0.15, -0.1) is 21.5 Å². The lowest BCUT2D eigenvalue weighted by molar-refractivity contribution is -0.126. The molecule has 1 fully saturated rings. The second-order valence-electron chi connectivity index (χ2n) is 5.52. The first-order chi connectivity index (χ1) is 10.7. The van der Waals surface area contributed by atoms with E-state index in [1.807, 2.05) is 17.5 Å². The number of hydrogen-bond donors (Lipinski definition) is 1. The molecule has 1 amide bonds. The second kappa shape index (κ2) is 6.58. The summed E-state index contributed by atoms with van der Waals surface area (Å²) in [4.78, 5) is 15.0. The van der Waals surface area contributed by atoms with Crippen LogP contribution < -0.4 is 5.32 Å². The fourth-order valence-corrected chi connectivity index (χ4v) is 3.46. The maximum Gasteiger partial charge on any atom is 0.257 e. The number of carbonyl (C=O) groups is 1. The molecule has 1 N–H and O–H groups in total. The highest BCUT2D eigenvalue weighted by molar-refractivity contribution is 7.13. The molecule has 0 aromatic carbocycles. The van der Waals surface area contributed by atoms with Crippen LogP contribution in [-0.4, -0.2) is 41.1 Å². The summed E-state index contributed by atoms with van der Waals surface area (Å²) in [7, 11) is 1.70. The molecule has 1 aliphatic heterocycles. The summed E-state index contributed by atoms with van der Waals surface area (Å²) in [5, 5.41) is 13.0. The second-order valence-corrected chi connectivity index (χ2v) is 6.47. The highest BCUT2D eigenvalue weighted by Gasteiger charge is 2.29. The van der Waals surface area contributed by atoms with Crippen molar-refractivity contribution in [3.8, 4) is 10.8 Å². The zero-order valence-corrected chi connectivity index (χ0v) is 13.6. The number of piperidine rings is 1. The Balaban J connectivity index is 1.63. The fourth-order valence-electron chi connectivity index (χ4n) is 2.81.